The van der Waals surface area contributed by atoms with Crippen LogP contribution in [-0.4, -0.2) is 58.1 Å². The van der Waals surface area contributed by atoms with Gasteiger partial charge in [-0.2, -0.15) is 13.2 Å². The Bertz CT molecular complexity index is 1090. The molecule has 1 unspecified atom stereocenters. The van der Waals surface area contributed by atoms with Gasteiger partial charge in [0.05, 0.1) is 16.8 Å². The van der Waals surface area contributed by atoms with Gasteiger partial charge >= 0.3 is 6.18 Å². The maximum absolute atomic E-state index is 13.4. The Morgan fingerprint density at radius 1 is 1.18 bits per heavy atom. The van der Waals surface area contributed by atoms with Gasteiger partial charge < -0.3 is 25.2 Å². The number of nitrogens with zero attached hydrogens (tertiary/aromatic N) is 3. The third-order valence-electron chi connectivity index (χ3n) is 5.86. The number of phenolic OH excluding ortho intramolecular Hbond substituents is 1. The molecule has 1 aromatic carbocycles. The summed E-state index contributed by atoms with van der Waals surface area (Å²) in [6.45, 7) is 6.86. The third-order valence-corrected chi connectivity index (χ3v) is 5.86. The molecule has 3 rings (SSSR count). The first-order valence-corrected chi connectivity index (χ1v) is 11.0. The number of rotatable bonds is 4. The van der Waals surface area contributed by atoms with E-state index in [1.165, 1.54) is 19.2 Å². The largest absolute Gasteiger partial charge is 0.507 e. The van der Waals surface area contributed by atoms with Crippen LogP contribution >= 0.6 is 0 Å². The summed E-state index contributed by atoms with van der Waals surface area (Å²) in [5.41, 5.74) is -1.37. The van der Waals surface area contributed by atoms with Gasteiger partial charge in [-0.05, 0) is 37.6 Å². The van der Waals surface area contributed by atoms with Gasteiger partial charge in [0, 0.05) is 20.1 Å². The summed E-state index contributed by atoms with van der Waals surface area (Å²) < 4.78 is 41.9. The van der Waals surface area contributed by atoms with E-state index in [9.17, 15) is 27.9 Å². The van der Waals surface area contributed by atoms with Crippen molar-refractivity contribution in [2.24, 2.45) is 5.41 Å². The summed E-state index contributed by atoms with van der Waals surface area (Å²) >= 11 is 0. The monoisotopic (exact) mass is 481 g/mol. The van der Waals surface area contributed by atoms with Gasteiger partial charge in [-0.3, -0.25) is 9.59 Å². The normalized spacial score (nSPS) is 15.9. The van der Waals surface area contributed by atoms with Crippen molar-refractivity contribution >= 4 is 11.8 Å². The number of para-hydroxylation sites is 1. The molecule has 3 N–H and O–H groups in total. The van der Waals surface area contributed by atoms with Crippen molar-refractivity contribution in [2.45, 2.75) is 52.5 Å². The number of likely N-dealkylation sites (N-methyl/N-ethyl adjacent to an activating group) is 1. The Balaban J connectivity index is 2.14. The van der Waals surface area contributed by atoms with Gasteiger partial charge in [0.15, 0.2) is 5.69 Å². The first-order chi connectivity index (χ1) is 15.8. The van der Waals surface area contributed by atoms with Gasteiger partial charge in [0.2, 0.25) is 5.91 Å². The van der Waals surface area contributed by atoms with Crippen LogP contribution in [0.25, 0.3) is 11.4 Å². The molecule has 2 amide bonds. The van der Waals surface area contributed by atoms with Crippen LogP contribution in [0.5, 0.6) is 5.75 Å². The van der Waals surface area contributed by atoms with Gasteiger partial charge in [-0.25, -0.2) is 4.98 Å². The highest BCUT2D eigenvalue weighted by Crippen LogP contribution is 2.41. The lowest BCUT2D eigenvalue weighted by Gasteiger charge is -2.29. The van der Waals surface area contributed by atoms with Gasteiger partial charge in [-0.1, -0.05) is 26.8 Å². The summed E-state index contributed by atoms with van der Waals surface area (Å²) in [5, 5.41) is 15.7. The molecule has 2 aromatic rings. The number of aromatic hydroxyl groups is 1. The van der Waals surface area contributed by atoms with Crippen molar-refractivity contribution in [2.75, 3.05) is 20.6 Å². The molecular weight excluding hydrogens is 451 g/mol. The molecule has 34 heavy (non-hydrogen) atoms. The number of halogens is 3. The standard InChI is InChI=1S/C23H30F3N5O3/c1-22(2,3)18(21(34)27-4)29-20(33)16-15-12-30(5)10-7-11-31(15)19(28-16)13-8-6-9-14(17(13)32)23(24,25)26/h6,8-9,18,32H,7,10-12H2,1-5H3,(H,27,34)(H,29,33). The fraction of sp³-hybridized carbons (Fsp3) is 0.522. The molecule has 0 aliphatic carbocycles. The van der Waals surface area contributed by atoms with Crippen LogP contribution in [0.2, 0.25) is 0 Å². The summed E-state index contributed by atoms with van der Waals surface area (Å²) in [6.07, 6.45) is -4.07. The van der Waals surface area contributed by atoms with E-state index < -0.39 is 34.9 Å². The molecule has 0 saturated heterocycles. The quantitative estimate of drug-likeness (QED) is 0.624. The molecule has 0 radical (unpaired) electrons. The molecule has 11 heteroatoms. The second kappa shape index (κ2) is 9.28. The zero-order valence-corrected chi connectivity index (χ0v) is 19.9. The smallest absolute Gasteiger partial charge is 0.419 e. The van der Waals surface area contributed by atoms with Crippen molar-refractivity contribution in [1.82, 2.24) is 25.1 Å². The number of alkyl halides is 3. The fourth-order valence-corrected chi connectivity index (χ4v) is 4.08. The Kier molecular flexibility index (Phi) is 6.97. The van der Waals surface area contributed by atoms with E-state index in [1.807, 2.05) is 11.9 Å². The lowest BCUT2D eigenvalue weighted by atomic mass is 9.86. The highest BCUT2D eigenvalue weighted by atomic mass is 19.4. The van der Waals surface area contributed by atoms with Crippen molar-refractivity contribution < 1.29 is 27.9 Å². The molecule has 1 atom stereocenters. The van der Waals surface area contributed by atoms with E-state index in [2.05, 4.69) is 15.6 Å². The summed E-state index contributed by atoms with van der Waals surface area (Å²) in [6, 6.07) is 2.47. The van der Waals surface area contributed by atoms with E-state index in [1.54, 1.807) is 25.3 Å². The number of carbonyl (C=O) groups is 2. The molecule has 0 fully saturated rings. The van der Waals surface area contributed by atoms with Crippen LogP contribution < -0.4 is 10.6 Å². The SMILES string of the molecule is CNC(=O)C(NC(=O)c1nc(-c2cccc(C(F)(F)F)c2O)n2c1CN(C)CCC2)C(C)(C)C. The number of aromatic nitrogens is 2. The highest BCUT2D eigenvalue weighted by Gasteiger charge is 2.37. The summed E-state index contributed by atoms with van der Waals surface area (Å²) in [5.74, 6) is -1.85. The Labute approximate surface area is 196 Å². The number of phenols is 1. The highest BCUT2D eigenvalue weighted by molar-refractivity contribution is 5.98. The van der Waals surface area contributed by atoms with Crippen LogP contribution in [0.3, 0.4) is 0 Å². The molecule has 1 aliphatic heterocycles. The third kappa shape index (κ3) is 5.03. The molecule has 2 heterocycles. The number of nitrogens with one attached hydrogen (secondary N) is 2. The van der Waals surface area contributed by atoms with Crippen LogP contribution in [0.4, 0.5) is 13.2 Å². The van der Waals surface area contributed by atoms with E-state index in [4.69, 9.17) is 0 Å². The number of imidazole rings is 1. The lowest BCUT2D eigenvalue weighted by Crippen LogP contribution is -2.53. The van der Waals surface area contributed by atoms with E-state index in [0.29, 0.717) is 31.7 Å². The fourth-order valence-electron chi connectivity index (χ4n) is 4.08. The second-order valence-corrected chi connectivity index (χ2v) is 9.56. The van der Waals surface area contributed by atoms with Crippen molar-refractivity contribution in [3.05, 3.63) is 35.2 Å². The Morgan fingerprint density at radius 2 is 1.85 bits per heavy atom. The lowest BCUT2D eigenvalue weighted by molar-refractivity contribution is -0.138. The Hall–Kier alpha value is -3.08. The van der Waals surface area contributed by atoms with Gasteiger partial charge in [0.25, 0.3) is 5.91 Å². The molecule has 0 saturated carbocycles. The molecule has 0 bridgehead atoms. The van der Waals surface area contributed by atoms with Crippen molar-refractivity contribution in [3.8, 4) is 17.1 Å². The average Bonchev–Trinajstić information content (AvgIpc) is 2.95. The summed E-state index contributed by atoms with van der Waals surface area (Å²) in [4.78, 5) is 32.2. The molecule has 0 spiro atoms. The van der Waals surface area contributed by atoms with Gasteiger partial charge in [0.1, 0.15) is 17.6 Å². The molecular formula is C23H30F3N5O3. The molecule has 186 valence electrons. The van der Waals surface area contributed by atoms with E-state index >= 15 is 0 Å². The van der Waals surface area contributed by atoms with E-state index in [-0.39, 0.29) is 23.0 Å². The number of carbonyl (C=O) groups excluding carboxylic acids is 2. The summed E-state index contributed by atoms with van der Waals surface area (Å²) in [7, 11) is 3.34. The average molecular weight is 482 g/mol. The minimum atomic E-state index is -4.75. The topological polar surface area (TPSA) is 99.5 Å². The second-order valence-electron chi connectivity index (χ2n) is 9.56. The zero-order chi connectivity index (χ0) is 25.4. The molecule has 1 aliphatic rings. The number of benzene rings is 1. The molecule has 1 aromatic heterocycles. The zero-order valence-electron chi connectivity index (χ0n) is 19.9. The maximum Gasteiger partial charge on any atom is 0.419 e. The number of amides is 2. The van der Waals surface area contributed by atoms with E-state index in [0.717, 1.165) is 6.07 Å². The first kappa shape index (κ1) is 25.5. The number of hydrogen-bond donors (Lipinski definition) is 3. The predicted octanol–water partition coefficient (Wildman–Crippen LogP) is 3.00. The number of hydrogen-bond acceptors (Lipinski definition) is 5. The van der Waals surface area contributed by atoms with Crippen molar-refractivity contribution in [3.63, 3.8) is 0 Å². The van der Waals surface area contributed by atoms with Crippen molar-refractivity contribution in [1.29, 1.82) is 0 Å². The van der Waals surface area contributed by atoms with Crippen LogP contribution in [0, 0.1) is 5.41 Å². The first-order valence-electron chi connectivity index (χ1n) is 11.0. The maximum atomic E-state index is 13.4. The molecule has 8 nitrogen and oxygen atoms in total. The minimum absolute atomic E-state index is 0.0127. The Morgan fingerprint density at radius 3 is 2.44 bits per heavy atom. The predicted molar refractivity (Wildman–Crippen MR) is 120 cm³/mol. The van der Waals surface area contributed by atoms with Crippen LogP contribution in [0.1, 0.15) is 48.9 Å². The van der Waals surface area contributed by atoms with Crippen LogP contribution in [0.15, 0.2) is 18.2 Å². The minimum Gasteiger partial charge on any atom is -0.507 e. The van der Waals surface area contributed by atoms with Crippen LogP contribution in [-0.2, 0) is 24.1 Å². The van der Waals surface area contributed by atoms with Gasteiger partial charge in [-0.15, -0.1) is 0 Å². The number of fused-ring (bicyclic) bond motifs is 1.